The van der Waals surface area contributed by atoms with Crippen molar-refractivity contribution >= 4 is 29.3 Å². The Labute approximate surface area is 190 Å². The van der Waals surface area contributed by atoms with Crippen molar-refractivity contribution in [2.24, 2.45) is 0 Å². The van der Waals surface area contributed by atoms with Crippen molar-refractivity contribution in [3.63, 3.8) is 0 Å². The highest BCUT2D eigenvalue weighted by Gasteiger charge is 2.34. The average Bonchev–Trinajstić information content (AvgIpc) is 2.79. The molecule has 1 atom stereocenters. The zero-order chi connectivity index (χ0) is 22.7. The van der Waals surface area contributed by atoms with Gasteiger partial charge in [-0.1, -0.05) is 29.8 Å². The van der Waals surface area contributed by atoms with Gasteiger partial charge in [-0.05, 0) is 35.9 Å². The summed E-state index contributed by atoms with van der Waals surface area (Å²) in [5, 5.41) is 6.22. The lowest BCUT2D eigenvalue weighted by atomic mass is 9.95. The van der Waals surface area contributed by atoms with Crippen molar-refractivity contribution in [2.75, 3.05) is 44.7 Å². The second-order valence-corrected chi connectivity index (χ2v) is 8.15. The Morgan fingerprint density at radius 3 is 2.53 bits per heavy atom. The molecular formula is C23H24ClFN4O3. The molecule has 1 fully saturated rings. The fourth-order valence-electron chi connectivity index (χ4n) is 4.06. The summed E-state index contributed by atoms with van der Waals surface area (Å²) in [5.74, 6) is -0.935. The number of hydrogen-bond acceptors (Lipinski definition) is 5. The predicted molar refractivity (Wildman–Crippen MR) is 120 cm³/mol. The van der Waals surface area contributed by atoms with Gasteiger partial charge in [-0.25, -0.2) is 14.0 Å². The van der Waals surface area contributed by atoms with Crippen molar-refractivity contribution < 1.29 is 18.7 Å². The highest BCUT2D eigenvalue weighted by atomic mass is 35.5. The van der Waals surface area contributed by atoms with E-state index in [-0.39, 0.29) is 0 Å². The summed E-state index contributed by atoms with van der Waals surface area (Å²) in [4.78, 5) is 29.5. The van der Waals surface area contributed by atoms with Crippen LogP contribution in [0.1, 0.15) is 11.6 Å². The van der Waals surface area contributed by atoms with Crippen LogP contribution in [-0.4, -0.2) is 56.7 Å². The fourth-order valence-corrected chi connectivity index (χ4v) is 4.24. The number of methoxy groups -OCH3 is 1. The molecular weight excluding hydrogens is 435 g/mol. The summed E-state index contributed by atoms with van der Waals surface area (Å²) in [5.41, 5.74) is 2.48. The van der Waals surface area contributed by atoms with E-state index in [1.54, 1.807) is 12.1 Å². The molecule has 0 aliphatic carbocycles. The van der Waals surface area contributed by atoms with Gasteiger partial charge in [0.15, 0.2) is 0 Å². The van der Waals surface area contributed by atoms with Crippen LogP contribution in [0.4, 0.5) is 14.9 Å². The zero-order valence-electron chi connectivity index (χ0n) is 17.6. The van der Waals surface area contributed by atoms with E-state index >= 15 is 0 Å². The molecule has 2 heterocycles. The van der Waals surface area contributed by atoms with Gasteiger partial charge >= 0.3 is 12.0 Å². The van der Waals surface area contributed by atoms with Gasteiger partial charge in [0.05, 0.1) is 18.7 Å². The monoisotopic (exact) mass is 458 g/mol. The summed E-state index contributed by atoms with van der Waals surface area (Å²) < 4.78 is 18.4. The van der Waals surface area contributed by atoms with Crippen molar-refractivity contribution in [3.8, 4) is 0 Å². The van der Waals surface area contributed by atoms with Gasteiger partial charge in [0.2, 0.25) is 0 Å². The first-order valence-corrected chi connectivity index (χ1v) is 10.7. The summed E-state index contributed by atoms with van der Waals surface area (Å²) in [6, 6.07) is 12.3. The highest BCUT2D eigenvalue weighted by Crippen LogP contribution is 2.29. The molecule has 9 heteroatoms. The van der Waals surface area contributed by atoms with Crippen LogP contribution in [0.5, 0.6) is 0 Å². The number of amides is 2. The lowest BCUT2D eigenvalue weighted by molar-refractivity contribution is -0.136. The number of halogens is 2. The van der Waals surface area contributed by atoms with Crippen LogP contribution in [-0.2, 0) is 9.53 Å². The topological polar surface area (TPSA) is 73.9 Å². The second-order valence-electron chi connectivity index (χ2n) is 7.71. The first kappa shape index (κ1) is 22.1. The second kappa shape index (κ2) is 9.58. The van der Waals surface area contributed by atoms with Gasteiger partial charge in [-0.3, -0.25) is 4.90 Å². The van der Waals surface area contributed by atoms with Crippen LogP contribution in [0.2, 0.25) is 5.02 Å². The quantitative estimate of drug-likeness (QED) is 0.674. The smallest absolute Gasteiger partial charge is 0.338 e. The zero-order valence-corrected chi connectivity index (χ0v) is 18.4. The van der Waals surface area contributed by atoms with E-state index in [1.165, 1.54) is 19.2 Å². The first-order chi connectivity index (χ1) is 15.4. The number of urea groups is 1. The molecule has 2 N–H and O–H groups in total. The molecule has 2 aliphatic rings. The minimum atomic E-state index is -0.723. The number of ether oxygens (including phenoxy) is 1. The Kier molecular flexibility index (Phi) is 6.62. The van der Waals surface area contributed by atoms with E-state index in [0.717, 1.165) is 31.9 Å². The van der Waals surface area contributed by atoms with Crippen LogP contribution >= 0.6 is 11.6 Å². The van der Waals surface area contributed by atoms with Crippen LogP contribution in [0.3, 0.4) is 0 Å². The van der Waals surface area contributed by atoms with E-state index < -0.39 is 23.9 Å². The van der Waals surface area contributed by atoms with Crippen molar-refractivity contribution in [3.05, 3.63) is 76.2 Å². The molecule has 32 heavy (non-hydrogen) atoms. The summed E-state index contributed by atoms with van der Waals surface area (Å²) in [6.07, 6.45) is 0. The SMILES string of the molecule is COC(=O)C1=C(CN2CCN(c3cccc(Cl)c3)CC2)NC(=O)NC1c1ccc(F)cc1. The van der Waals surface area contributed by atoms with Crippen LogP contribution in [0.15, 0.2) is 59.8 Å². The van der Waals surface area contributed by atoms with Gasteiger partial charge < -0.3 is 20.3 Å². The summed E-state index contributed by atoms with van der Waals surface area (Å²) in [7, 11) is 1.30. The van der Waals surface area contributed by atoms with Gasteiger partial charge in [-0.15, -0.1) is 0 Å². The lowest BCUT2D eigenvalue weighted by Gasteiger charge is -2.38. The molecule has 0 aromatic heterocycles. The number of carbonyl (C=O) groups excluding carboxylic acids is 2. The van der Waals surface area contributed by atoms with Crippen molar-refractivity contribution in [1.29, 1.82) is 0 Å². The third-order valence-corrected chi connectivity index (χ3v) is 5.92. The Morgan fingerprint density at radius 2 is 1.88 bits per heavy atom. The molecule has 0 spiro atoms. The number of esters is 1. The third kappa shape index (κ3) is 4.87. The number of benzene rings is 2. The summed E-state index contributed by atoms with van der Waals surface area (Å²) >= 11 is 6.11. The van der Waals surface area contributed by atoms with E-state index in [2.05, 4.69) is 20.4 Å². The largest absolute Gasteiger partial charge is 0.466 e. The number of hydrogen-bond donors (Lipinski definition) is 2. The molecule has 0 saturated carbocycles. The number of nitrogens with one attached hydrogen (secondary N) is 2. The molecule has 168 valence electrons. The number of rotatable bonds is 5. The first-order valence-electron chi connectivity index (χ1n) is 10.3. The normalized spacial score (nSPS) is 19.4. The van der Waals surface area contributed by atoms with Crippen LogP contribution in [0, 0.1) is 5.82 Å². The van der Waals surface area contributed by atoms with E-state index in [9.17, 15) is 14.0 Å². The minimum absolute atomic E-state index is 0.316. The molecule has 0 radical (unpaired) electrons. The maximum absolute atomic E-state index is 13.4. The number of piperazine rings is 1. The molecule has 2 aromatic rings. The third-order valence-electron chi connectivity index (χ3n) is 5.69. The van der Waals surface area contributed by atoms with Gasteiger partial charge in [0.1, 0.15) is 5.82 Å². The maximum Gasteiger partial charge on any atom is 0.338 e. The molecule has 1 unspecified atom stereocenters. The highest BCUT2D eigenvalue weighted by molar-refractivity contribution is 6.30. The van der Waals surface area contributed by atoms with Gasteiger partial charge in [-0.2, -0.15) is 0 Å². The molecule has 2 amide bonds. The molecule has 2 aromatic carbocycles. The molecule has 0 bridgehead atoms. The molecule has 1 saturated heterocycles. The fraction of sp³-hybridized carbons (Fsp3) is 0.304. The van der Waals surface area contributed by atoms with E-state index in [1.807, 2.05) is 24.3 Å². The standard InChI is InChI=1S/C23H24ClFN4O3/c1-32-22(30)20-19(26-23(31)27-21(20)15-5-7-17(25)8-6-15)14-28-9-11-29(12-10-28)18-4-2-3-16(24)13-18/h2-8,13,21H,9-12,14H2,1H3,(H2,26,27,31). The van der Waals surface area contributed by atoms with Crippen LogP contribution in [0.25, 0.3) is 0 Å². The van der Waals surface area contributed by atoms with Gasteiger partial charge in [0.25, 0.3) is 0 Å². The lowest BCUT2D eigenvalue weighted by Crippen LogP contribution is -2.51. The van der Waals surface area contributed by atoms with E-state index in [0.29, 0.717) is 28.4 Å². The minimum Gasteiger partial charge on any atom is -0.466 e. The number of carbonyl (C=O) groups is 2. The van der Waals surface area contributed by atoms with Crippen molar-refractivity contribution in [1.82, 2.24) is 15.5 Å². The molecule has 7 nitrogen and oxygen atoms in total. The Bertz CT molecular complexity index is 1040. The van der Waals surface area contributed by atoms with E-state index in [4.69, 9.17) is 16.3 Å². The Hall–Kier alpha value is -3.10. The number of anilines is 1. The Balaban J connectivity index is 1.54. The van der Waals surface area contributed by atoms with Gasteiger partial charge in [0, 0.05) is 49.1 Å². The summed E-state index contributed by atoms with van der Waals surface area (Å²) in [6.45, 7) is 3.45. The van der Waals surface area contributed by atoms with Crippen LogP contribution < -0.4 is 15.5 Å². The average molecular weight is 459 g/mol. The molecule has 2 aliphatic heterocycles. The molecule has 4 rings (SSSR count). The maximum atomic E-state index is 13.4. The van der Waals surface area contributed by atoms with Crippen molar-refractivity contribution in [2.45, 2.75) is 6.04 Å². The Morgan fingerprint density at radius 1 is 1.16 bits per heavy atom. The predicted octanol–water partition coefficient (Wildman–Crippen LogP) is 3.08. The number of nitrogens with zero attached hydrogens (tertiary/aromatic N) is 2.